The van der Waals surface area contributed by atoms with Gasteiger partial charge in [-0.15, -0.1) is 11.8 Å². The first-order valence-electron chi connectivity index (χ1n) is 5.56. The van der Waals surface area contributed by atoms with E-state index in [1.165, 1.54) is 11.8 Å². The molecule has 1 amide bonds. The van der Waals surface area contributed by atoms with Gasteiger partial charge in [0, 0.05) is 10.9 Å². The van der Waals surface area contributed by atoms with Gasteiger partial charge in [0.05, 0.1) is 11.4 Å². The van der Waals surface area contributed by atoms with Crippen molar-refractivity contribution < 1.29 is 4.79 Å². The van der Waals surface area contributed by atoms with Crippen LogP contribution in [0.3, 0.4) is 0 Å². The number of primary amides is 1. The molecule has 98 valence electrons. The van der Waals surface area contributed by atoms with E-state index >= 15 is 0 Å². The van der Waals surface area contributed by atoms with Crippen molar-refractivity contribution in [2.45, 2.75) is 24.8 Å². The molecule has 1 aromatic rings. The third-order valence-corrected chi connectivity index (χ3v) is 3.24. The molecule has 1 rings (SSSR count). The summed E-state index contributed by atoms with van der Waals surface area (Å²) in [4.78, 5) is 11.7. The van der Waals surface area contributed by atoms with Crippen LogP contribution in [0.5, 0.6) is 0 Å². The van der Waals surface area contributed by atoms with Gasteiger partial charge in [-0.3, -0.25) is 4.79 Å². The summed E-state index contributed by atoms with van der Waals surface area (Å²) >= 11 is 6.58. The minimum Gasteiger partial charge on any atom is -0.369 e. The highest BCUT2D eigenvalue weighted by molar-refractivity contribution is 8.00. The largest absolute Gasteiger partial charge is 0.369 e. The molecule has 18 heavy (non-hydrogen) atoms. The van der Waals surface area contributed by atoms with Gasteiger partial charge in [0.15, 0.2) is 5.11 Å². The zero-order valence-electron chi connectivity index (χ0n) is 10.4. The van der Waals surface area contributed by atoms with Crippen molar-refractivity contribution in [1.82, 2.24) is 5.32 Å². The van der Waals surface area contributed by atoms with Gasteiger partial charge < -0.3 is 16.4 Å². The minimum absolute atomic E-state index is 0.253. The summed E-state index contributed by atoms with van der Waals surface area (Å²) < 4.78 is 0. The zero-order valence-corrected chi connectivity index (χ0v) is 12.0. The van der Waals surface area contributed by atoms with Gasteiger partial charge >= 0.3 is 0 Å². The van der Waals surface area contributed by atoms with Gasteiger partial charge in [0.25, 0.3) is 0 Å². The molecule has 0 fully saturated rings. The maximum absolute atomic E-state index is 10.8. The minimum atomic E-state index is -0.335. The number of carbonyl (C=O) groups excluding carboxylic acids is 1. The Labute approximate surface area is 117 Å². The second-order valence-corrected chi connectivity index (χ2v) is 5.43. The topological polar surface area (TPSA) is 67.2 Å². The molecule has 0 bridgehead atoms. The molecule has 0 aliphatic rings. The predicted molar refractivity (Wildman–Crippen MR) is 80.9 cm³/mol. The Kier molecular flexibility index (Phi) is 5.94. The maximum Gasteiger partial charge on any atom is 0.227 e. The quantitative estimate of drug-likeness (QED) is 0.569. The van der Waals surface area contributed by atoms with E-state index in [0.717, 1.165) is 10.6 Å². The highest BCUT2D eigenvalue weighted by Crippen LogP contribution is 2.26. The summed E-state index contributed by atoms with van der Waals surface area (Å²) in [5, 5.41) is 6.78. The second-order valence-electron chi connectivity index (χ2n) is 4.00. The Morgan fingerprint density at radius 2 is 2.11 bits per heavy atom. The number of thioether (sulfide) groups is 1. The van der Waals surface area contributed by atoms with E-state index < -0.39 is 0 Å². The lowest BCUT2D eigenvalue weighted by molar-refractivity contribution is -0.115. The summed E-state index contributed by atoms with van der Waals surface area (Å²) in [6.07, 6.45) is 0. The molecule has 4 nitrogen and oxygen atoms in total. The summed E-state index contributed by atoms with van der Waals surface area (Å²) in [6, 6.07) is 7.93. The van der Waals surface area contributed by atoms with Crippen molar-refractivity contribution in [1.29, 1.82) is 0 Å². The maximum atomic E-state index is 10.8. The Hall–Kier alpha value is -1.27. The summed E-state index contributed by atoms with van der Waals surface area (Å²) in [6.45, 7) is 4.03. The lowest BCUT2D eigenvalue weighted by Gasteiger charge is -2.15. The fourth-order valence-corrected chi connectivity index (χ4v) is 2.36. The molecule has 0 saturated heterocycles. The van der Waals surface area contributed by atoms with Crippen LogP contribution >= 0.6 is 24.0 Å². The Morgan fingerprint density at radius 3 is 2.72 bits per heavy atom. The summed E-state index contributed by atoms with van der Waals surface area (Å²) in [5.41, 5.74) is 6.02. The van der Waals surface area contributed by atoms with Crippen LogP contribution in [0.15, 0.2) is 29.2 Å². The third-order valence-electron chi connectivity index (χ3n) is 1.92. The average Bonchev–Trinajstić information content (AvgIpc) is 2.26. The van der Waals surface area contributed by atoms with E-state index in [1.54, 1.807) is 0 Å². The smallest absolute Gasteiger partial charge is 0.227 e. The molecule has 1 aromatic carbocycles. The molecule has 0 atom stereocenters. The van der Waals surface area contributed by atoms with Gasteiger partial charge in [-0.1, -0.05) is 12.1 Å². The van der Waals surface area contributed by atoms with E-state index in [1.807, 2.05) is 38.1 Å². The van der Waals surface area contributed by atoms with Crippen LogP contribution in [0.4, 0.5) is 5.69 Å². The monoisotopic (exact) mass is 283 g/mol. The van der Waals surface area contributed by atoms with E-state index in [9.17, 15) is 4.79 Å². The van der Waals surface area contributed by atoms with E-state index in [-0.39, 0.29) is 17.7 Å². The van der Waals surface area contributed by atoms with Crippen molar-refractivity contribution in [2.24, 2.45) is 5.73 Å². The number of para-hydroxylation sites is 1. The number of carbonyl (C=O) groups is 1. The average molecular weight is 283 g/mol. The highest BCUT2D eigenvalue weighted by Gasteiger charge is 2.06. The van der Waals surface area contributed by atoms with Crippen molar-refractivity contribution in [3.05, 3.63) is 24.3 Å². The number of benzene rings is 1. The number of hydrogen-bond donors (Lipinski definition) is 3. The lowest BCUT2D eigenvalue weighted by atomic mass is 10.3. The summed E-state index contributed by atoms with van der Waals surface area (Å²) in [7, 11) is 0. The van der Waals surface area contributed by atoms with Gasteiger partial charge in [-0.25, -0.2) is 0 Å². The van der Waals surface area contributed by atoms with E-state index in [0.29, 0.717) is 5.11 Å². The van der Waals surface area contributed by atoms with Crippen LogP contribution in [0, 0.1) is 0 Å². The van der Waals surface area contributed by atoms with Crippen molar-refractivity contribution in [3.63, 3.8) is 0 Å². The molecule has 0 spiro atoms. The Morgan fingerprint density at radius 1 is 1.44 bits per heavy atom. The van der Waals surface area contributed by atoms with Crippen LogP contribution < -0.4 is 16.4 Å². The molecule has 0 radical (unpaired) electrons. The SMILES string of the molecule is CC(C)NC(=S)Nc1ccccc1SCC(N)=O. The molecular formula is C12H17N3OS2. The molecule has 0 unspecified atom stereocenters. The number of thiocarbonyl (C=S) groups is 1. The van der Waals surface area contributed by atoms with Gasteiger partial charge in [-0.2, -0.15) is 0 Å². The molecule has 0 aromatic heterocycles. The van der Waals surface area contributed by atoms with E-state index in [2.05, 4.69) is 10.6 Å². The molecule has 6 heteroatoms. The van der Waals surface area contributed by atoms with Gasteiger partial charge in [0.2, 0.25) is 5.91 Å². The van der Waals surface area contributed by atoms with Crippen molar-refractivity contribution in [3.8, 4) is 0 Å². The molecule has 0 saturated carbocycles. The zero-order chi connectivity index (χ0) is 13.5. The van der Waals surface area contributed by atoms with Crippen LogP contribution in [-0.4, -0.2) is 22.8 Å². The van der Waals surface area contributed by atoms with Crippen LogP contribution in [0.25, 0.3) is 0 Å². The Balaban J connectivity index is 2.69. The second kappa shape index (κ2) is 7.23. The predicted octanol–water partition coefficient (Wildman–Crippen LogP) is 1.96. The first-order valence-corrected chi connectivity index (χ1v) is 6.96. The lowest BCUT2D eigenvalue weighted by Crippen LogP contribution is -2.34. The molecule has 4 N–H and O–H groups in total. The molecular weight excluding hydrogens is 266 g/mol. The van der Waals surface area contributed by atoms with Crippen LogP contribution in [-0.2, 0) is 4.79 Å². The van der Waals surface area contributed by atoms with E-state index in [4.69, 9.17) is 18.0 Å². The molecule has 0 aliphatic heterocycles. The van der Waals surface area contributed by atoms with Crippen molar-refractivity contribution in [2.75, 3.05) is 11.1 Å². The van der Waals surface area contributed by atoms with Gasteiger partial charge in [-0.05, 0) is 38.2 Å². The van der Waals surface area contributed by atoms with Crippen molar-refractivity contribution >= 4 is 40.7 Å². The summed E-state index contributed by atoms with van der Waals surface area (Å²) in [5.74, 6) is -0.0824. The molecule has 0 aliphatic carbocycles. The number of nitrogens with one attached hydrogen (secondary N) is 2. The fraction of sp³-hybridized carbons (Fsp3) is 0.333. The number of anilines is 1. The van der Waals surface area contributed by atoms with Crippen LogP contribution in [0.1, 0.15) is 13.8 Å². The number of hydrogen-bond acceptors (Lipinski definition) is 3. The fourth-order valence-electron chi connectivity index (χ4n) is 1.27. The first kappa shape index (κ1) is 14.8. The third kappa shape index (κ3) is 5.37. The first-order chi connectivity index (χ1) is 8.49. The normalized spacial score (nSPS) is 10.2. The molecule has 0 heterocycles. The van der Waals surface area contributed by atoms with Crippen LogP contribution in [0.2, 0.25) is 0 Å². The van der Waals surface area contributed by atoms with Gasteiger partial charge in [0.1, 0.15) is 0 Å². The highest BCUT2D eigenvalue weighted by atomic mass is 32.2. The number of rotatable bonds is 5. The Bertz CT molecular complexity index is 435. The number of nitrogens with two attached hydrogens (primary N) is 1. The standard InChI is InChI=1S/C12H17N3OS2/c1-8(2)14-12(17)15-9-5-3-4-6-10(9)18-7-11(13)16/h3-6,8H,7H2,1-2H3,(H2,13,16)(H2,14,15,17). The number of amides is 1.